The first-order valence-corrected chi connectivity index (χ1v) is 8.17. The van der Waals surface area contributed by atoms with Gasteiger partial charge in [-0.2, -0.15) is 0 Å². The first-order valence-electron chi connectivity index (χ1n) is 7.36. The lowest BCUT2D eigenvalue weighted by atomic mass is 10.0. The van der Waals surface area contributed by atoms with Gasteiger partial charge in [0.2, 0.25) is 0 Å². The molecule has 1 aromatic heterocycles. The van der Waals surface area contributed by atoms with E-state index in [4.69, 9.17) is 10.5 Å². The van der Waals surface area contributed by atoms with Gasteiger partial charge in [0, 0.05) is 21.9 Å². The summed E-state index contributed by atoms with van der Waals surface area (Å²) in [4.78, 5) is 2.49. The smallest absolute Gasteiger partial charge is 0.127 e. The third-order valence-electron chi connectivity index (χ3n) is 3.40. The average molecular weight is 307 g/mol. The largest absolute Gasteiger partial charge is 0.488 e. The fraction of sp³-hybridized carbons (Fsp3) is 0.412. The number of nitrogens with two attached hydrogens (primary N) is 1. The zero-order valence-corrected chi connectivity index (χ0v) is 13.4. The summed E-state index contributed by atoms with van der Waals surface area (Å²) in [5, 5.41) is 0. The van der Waals surface area contributed by atoms with Crippen LogP contribution in [0.2, 0.25) is 0 Å². The Morgan fingerprint density at radius 3 is 2.62 bits per heavy atom. The van der Waals surface area contributed by atoms with E-state index in [1.807, 2.05) is 13.0 Å². The molecule has 114 valence electrons. The molecule has 21 heavy (non-hydrogen) atoms. The summed E-state index contributed by atoms with van der Waals surface area (Å²) in [6.45, 7) is 4.64. The Bertz CT molecular complexity index is 582. The number of rotatable bonds is 7. The van der Waals surface area contributed by atoms with Crippen molar-refractivity contribution in [2.45, 2.75) is 45.8 Å². The van der Waals surface area contributed by atoms with E-state index in [1.54, 1.807) is 11.3 Å². The molecule has 2 nitrogen and oxygen atoms in total. The van der Waals surface area contributed by atoms with Gasteiger partial charge in [0.25, 0.3) is 0 Å². The van der Waals surface area contributed by atoms with Crippen LogP contribution in [0, 0.1) is 5.82 Å². The molecule has 2 N–H and O–H groups in total. The normalized spacial score (nSPS) is 12.4. The van der Waals surface area contributed by atoms with Gasteiger partial charge in [-0.15, -0.1) is 11.3 Å². The lowest BCUT2D eigenvalue weighted by Crippen LogP contribution is -2.21. The minimum absolute atomic E-state index is 0.0593. The molecule has 4 heteroatoms. The number of hydrogen-bond acceptors (Lipinski definition) is 3. The van der Waals surface area contributed by atoms with Crippen LogP contribution in [0.15, 0.2) is 30.3 Å². The molecule has 1 atom stereocenters. The quantitative estimate of drug-likeness (QED) is 0.827. The Kier molecular flexibility index (Phi) is 5.76. The maximum Gasteiger partial charge on any atom is 0.127 e. The molecule has 2 aromatic rings. The summed E-state index contributed by atoms with van der Waals surface area (Å²) in [5.41, 5.74) is 6.82. The molecule has 0 radical (unpaired) electrons. The van der Waals surface area contributed by atoms with Crippen LogP contribution in [0.1, 0.15) is 35.6 Å². The van der Waals surface area contributed by atoms with Crippen molar-refractivity contribution in [3.8, 4) is 5.75 Å². The molecule has 0 fully saturated rings. The molecule has 0 aliphatic rings. The van der Waals surface area contributed by atoms with Gasteiger partial charge in [-0.05, 0) is 49.1 Å². The number of ether oxygens (including phenoxy) is 1. The SMILES string of the molecule is CCc1ccc(COc2cc(F)cc(CC(N)CC)c2)s1. The number of thiophene rings is 1. The Labute approximate surface area is 129 Å². The molecule has 2 rings (SSSR count). The predicted molar refractivity (Wildman–Crippen MR) is 86.4 cm³/mol. The monoisotopic (exact) mass is 307 g/mol. The van der Waals surface area contributed by atoms with Gasteiger partial charge in [-0.25, -0.2) is 4.39 Å². The van der Waals surface area contributed by atoms with Crippen LogP contribution in [-0.4, -0.2) is 6.04 Å². The minimum atomic E-state index is -0.272. The topological polar surface area (TPSA) is 35.2 Å². The van der Waals surface area contributed by atoms with Crippen molar-refractivity contribution < 1.29 is 9.13 Å². The maximum absolute atomic E-state index is 13.6. The lowest BCUT2D eigenvalue weighted by Gasteiger charge is -2.11. The highest BCUT2D eigenvalue weighted by Gasteiger charge is 2.07. The molecular formula is C17H22FNOS. The maximum atomic E-state index is 13.6. The van der Waals surface area contributed by atoms with Crippen molar-refractivity contribution in [2.24, 2.45) is 5.73 Å². The van der Waals surface area contributed by atoms with Crippen LogP contribution in [-0.2, 0) is 19.4 Å². The molecule has 0 saturated carbocycles. The predicted octanol–water partition coefficient (Wildman–Crippen LogP) is 4.31. The fourth-order valence-electron chi connectivity index (χ4n) is 2.11. The minimum Gasteiger partial charge on any atom is -0.488 e. The summed E-state index contributed by atoms with van der Waals surface area (Å²) in [7, 11) is 0. The van der Waals surface area contributed by atoms with Crippen molar-refractivity contribution in [1.29, 1.82) is 0 Å². The van der Waals surface area contributed by atoms with Gasteiger partial charge < -0.3 is 10.5 Å². The molecule has 0 saturated heterocycles. The van der Waals surface area contributed by atoms with Crippen LogP contribution >= 0.6 is 11.3 Å². The zero-order valence-electron chi connectivity index (χ0n) is 12.6. The molecule has 1 unspecified atom stereocenters. The van der Waals surface area contributed by atoms with Crippen molar-refractivity contribution >= 4 is 11.3 Å². The van der Waals surface area contributed by atoms with E-state index in [0.29, 0.717) is 18.8 Å². The van der Waals surface area contributed by atoms with Gasteiger partial charge in [-0.1, -0.05) is 13.8 Å². The molecule has 0 aliphatic carbocycles. The van der Waals surface area contributed by atoms with Gasteiger partial charge in [0.1, 0.15) is 18.2 Å². The van der Waals surface area contributed by atoms with Crippen molar-refractivity contribution in [2.75, 3.05) is 0 Å². The van der Waals surface area contributed by atoms with Crippen LogP contribution in [0.3, 0.4) is 0 Å². The highest BCUT2D eigenvalue weighted by molar-refractivity contribution is 7.11. The summed E-state index contributed by atoms with van der Waals surface area (Å²) < 4.78 is 19.4. The average Bonchev–Trinajstić information content (AvgIpc) is 2.92. The zero-order chi connectivity index (χ0) is 15.2. The van der Waals surface area contributed by atoms with Gasteiger partial charge in [0.15, 0.2) is 0 Å². The second kappa shape index (κ2) is 7.57. The van der Waals surface area contributed by atoms with E-state index in [2.05, 4.69) is 19.1 Å². The summed E-state index contributed by atoms with van der Waals surface area (Å²) in [6.07, 6.45) is 2.58. The van der Waals surface area contributed by atoms with Crippen LogP contribution < -0.4 is 10.5 Å². The van der Waals surface area contributed by atoms with Crippen LogP contribution in [0.25, 0.3) is 0 Å². The van der Waals surface area contributed by atoms with E-state index >= 15 is 0 Å². The number of aryl methyl sites for hydroxylation is 1. The molecule has 1 aromatic carbocycles. The van der Waals surface area contributed by atoms with E-state index in [0.717, 1.165) is 23.3 Å². The van der Waals surface area contributed by atoms with Crippen molar-refractivity contribution in [1.82, 2.24) is 0 Å². The third kappa shape index (κ3) is 4.83. The van der Waals surface area contributed by atoms with E-state index in [9.17, 15) is 4.39 Å². The molecule has 0 bridgehead atoms. The second-order valence-electron chi connectivity index (χ2n) is 5.18. The molecule has 0 aliphatic heterocycles. The molecular weight excluding hydrogens is 285 g/mol. The van der Waals surface area contributed by atoms with Crippen LogP contribution in [0.4, 0.5) is 4.39 Å². The molecule has 1 heterocycles. The van der Waals surface area contributed by atoms with Gasteiger partial charge >= 0.3 is 0 Å². The standard InChI is InChI=1S/C17H22FNOS/c1-3-14(19)8-12-7-13(18)10-15(9-12)20-11-17-6-5-16(4-2)21-17/h5-7,9-10,14H,3-4,8,11,19H2,1-2H3. The number of hydrogen-bond donors (Lipinski definition) is 1. The highest BCUT2D eigenvalue weighted by Crippen LogP contribution is 2.22. The number of halogens is 1. The summed E-state index contributed by atoms with van der Waals surface area (Å²) >= 11 is 1.74. The van der Waals surface area contributed by atoms with Gasteiger partial charge in [0.05, 0.1) is 0 Å². The Morgan fingerprint density at radius 1 is 1.19 bits per heavy atom. The highest BCUT2D eigenvalue weighted by atomic mass is 32.1. The first-order chi connectivity index (χ1) is 10.1. The molecule has 0 spiro atoms. The Hall–Kier alpha value is -1.39. The fourth-order valence-corrected chi connectivity index (χ4v) is 2.98. The van der Waals surface area contributed by atoms with E-state index < -0.39 is 0 Å². The van der Waals surface area contributed by atoms with Crippen molar-refractivity contribution in [3.63, 3.8) is 0 Å². The van der Waals surface area contributed by atoms with Crippen molar-refractivity contribution in [3.05, 3.63) is 51.5 Å². The lowest BCUT2D eigenvalue weighted by molar-refractivity contribution is 0.307. The summed E-state index contributed by atoms with van der Waals surface area (Å²) in [6, 6.07) is 9.08. The van der Waals surface area contributed by atoms with Crippen LogP contribution in [0.5, 0.6) is 5.75 Å². The molecule has 0 amide bonds. The Morgan fingerprint density at radius 2 is 1.95 bits per heavy atom. The van der Waals surface area contributed by atoms with Gasteiger partial charge in [-0.3, -0.25) is 0 Å². The Balaban J connectivity index is 2.02. The second-order valence-corrected chi connectivity index (χ2v) is 6.43. The van der Waals surface area contributed by atoms with E-state index in [-0.39, 0.29) is 11.9 Å². The summed E-state index contributed by atoms with van der Waals surface area (Å²) in [5.74, 6) is 0.297. The third-order valence-corrected chi connectivity index (χ3v) is 4.60. The first kappa shape index (κ1) is 16.0. The number of benzene rings is 1. The van der Waals surface area contributed by atoms with E-state index in [1.165, 1.54) is 17.0 Å².